The third-order valence-corrected chi connectivity index (χ3v) is 7.48. The summed E-state index contributed by atoms with van der Waals surface area (Å²) in [5.74, 6) is 0.501. The Morgan fingerprint density at radius 3 is 2.51 bits per heavy atom. The number of carbonyl (C=O) groups is 1. The first-order valence-electron chi connectivity index (χ1n) is 12.7. The Hall–Kier alpha value is -4.03. The molecule has 1 saturated heterocycles. The van der Waals surface area contributed by atoms with Crippen LogP contribution in [-0.4, -0.2) is 42.9 Å². The van der Waals surface area contributed by atoms with Crippen LogP contribution in [0, 0.1) is 0 Å². The van der Waals surface area contributed by atoms with E-state index < -0.39 is 6.36 Å². The van der Waals surface area contributed by atoms with E-state index in [9.17, 15) is 18.0 Å². The SMILES string of the molecule is CCc1ccccc1N1C(=O)CSC1=NC(=S)CCc1ccc(-c2ncn(-c3ccc(OC(F)(F)F)cc3)n2)cc1. The van der Waals surface area contributed by atoms with E-state index in [0.717, 1.165) is 28.8 Å². The molecule has 0 atom stereocenters. The quantitative estimate of drug-likeness (QED) is 0.209. The smallest absolute Gasteiger partial charge is 0.406 e. The van der Waals surface area contributed by atoms with Crippen molar-refractivity contribution in [3.8, 4) is 22.8 Å². The summed E-state index contributed by atoms with van der Waals surface area (Å²) in [5.41, 5.74) is 4.32. The molecule has 7 nitrogen and oxygen atoms in total. The van der Waals surface area contributed by atoms with Crippen molar-refractivity contribution in [2.45, 2.75) is 32.5 Å². The number of halogens is 3. The van der Waals surface area contributed by atoms with Crippen LogP contribution in [0.25, 0.3) is 17.1 Å². The number of alkyl halides is 3. The fourth-order valence-electron chi connectivity index (χ4n) is 4.26. The Morgan fingerprint density at radius 2 is 1.80 bits per heavy atom. The van der Waals surface area contributed by atoms with Crippen molar-refractivity contribution in [1.29, 1.82) is 0 Å². The van der Waals surface area contributed by atoms with Gasteiger partial charge < -0.3 is 4.74 Å². The van der Waals surface area contributed by atoms with Crippen LogP contribution in [0.1, 0.15) is 24.5 Å². The second-order valence-corrected chi connectivity index (χ2v) is 10.5. The highest BCUT2D eigenvalue weighted by Crippen LogP contribution is 2.30. The van der Waals surface area contributed by atoms with Gasteiger partial charge in [-0.05, 0) is 54.3 Å². The molecule has 0 spiro atoms. The van der Waals surface area contributed by atoms with Gasteiger partial charge in [-0.1, -0.05) is 73.4 Å². The predicted octanol–water partition coefficient (Wildman–Crippen LogP) is 6.79. The van der Waals surface area contributed by atoms with Gasteiger partial charge in [0.05, 0.1) is 17.1 Å². The molecule has 2 heterocycles. The fraction of sp³-hybridized carbons (Fsp3) is 0.207. The number of amidine groups is 1. The molecule has 1 amide bonds. The number of hydrogen-bond acceptors (Lipinski definition) is 6. The van der Waals surface area contributed by atoms with Gasteiger partial charge in [0.25, 0.3) is 0 Å². The maximum Gasteiger partial charge on any atom is 0.573 e. The number of rotatable bonds is 8. The minimum Gasteiger partial charge on any atom is -0.406 e. The van der Waals surface area contributed by atoms with Crippen molar-refractivity contribution >= 4 is 45.7 Å². The maximum absolute atomic E-state index is 12.6. The molecular weight excluding hydrogens is 571 g/mol. The lowest BCUT2D eigenvalue weighted by Crippen LogP contribution is -2.30. The zero-order valence-electron chi connectivity index (χ0n) is 21.8. The first kappa shape index (κ1) is 28.5. The minimum atomic E-state index is -4.75. The summed E-state index contributed by atoms with van der Waals surface area (Å²) >= 11 is 6.95. The van der Waals surface area contributed by atoms with E-state index in [1.807, 2.05) is 48.5 Å². The van der Waals surface area contributed by atoms with E-state index in [-0.39, 0.29) is 11.7 Å². The summed E-state index contributed by atoms with van der Waals surface area (Å²) < 4.78 is 42.5. The van der Waals surface area contributed by atoms with Crippen molar-refractivity contribution in [2.24, 2.45) is 4.99 Å². The topological polar surface area (TPSA) is 72.6 Å². The second-order valence-electron chi connectivity index (χ2n) is 9.04. The first-order chi connectivity index (χ1) is 19.7. The Balaban J connectivity index is 1.20. The van der Waals surface area contributed by atoms with Gasteiger partial charge in [-0.25, -0.2) is 14.7 Å². The molecule has 0 bridgehead atoms. The Morgan fingerprint density at radius 1 is 1.07 bits per heavy atom. The molecule has 12 heteroatoms. The number of nitrogens with zero attached hydrogens (tertiary/aromatic N) is 5. The van der Waals surface area contributed by atoms with Gasteiger partial charge in [0, 0.05) is 12.0 Å². The van der Waals surface area contributed by atoms with Gasteiger partial charge in [0.15, 0.2) is 11.0 Å². The van der Waals surface area contributed by atoms with Crippen molar-refractivity contribution in [1.82, 2.24) is 14.8 Å². The van der Waals surface area contributed by atoms with Crippen LogP contribution in [0.3, 0.4) is 0 Å². The standard InChI is InChI=1S/C29H24F3N5O2S2/c1-2-20-5-3-4-6-24(20)37-26(38)17-41-28(37)34-25(40)16-9-19-7-10-21(11-8-19)27-33-18-36(35-27)22-12-14-23(15-13-22)39-29(30,31)32/h3-8,10-15,18H,2,9,16-17H2,1H3. The molecule has 41 heavy (non-hydrogen) atoms. The number of ether oxygens (including phenoxy) is 1. The number of thioether (sulfide) groups is 1. The number of aryl methyl sites for hydroxylation is 2. The van der Waals surface area contributed by atoms with Gasteiger partial charge in [-0.15, -0.1) is 18.3 Å². The largest absolute Gasteiger partial charge is 0.573 e. The summed E-state index contributed by atoms with van der Waals surface area (Å²) in [7, 11) is 0. The van der Waals surface area contributed by atoms with Gasteiger partial charge in [-0.3, -0.25) is 9.69 Å². The van der Waals surface area contributed by atoms with Crippen molar-refractivity contribution in [3.63, 3.8) is 0 Å². The highest BCUT2D eigenvalue weighted by atomic mass is 32.2. The number of hydrogen-bond donors (Lipinski definition) is 0. The maximum atomic E-state index is 12.6. The third-order valence-electron chi connectivity index (χ3n) is 6.27. The molecule has 5 rings (SSSR count). The highest BCUT2D eigenvalue weighted by Gasteiger charge is 2.32. The fourth-order valence-corrected chi connectivity index (χ4v) is 5.40. The molecular formula is C29H24F3N5O2S2. The number of aliphatic imine (C=N–C) groups is 1. The van der Waals surface area contributed by atoms with Gasteiger partial charge >= 0.3 is 6.36 Å². The zero-order chi connectivity index (χ0) is 29.0. The van der Waals surface area contributed by atoms with Crippen LogP contribution in [0.15, 0.2) is 84.1 Å². The molecule has 0 radical (unpaired) electrons. The summed E-state index contributed by atoms with van der Waals surface area (Å²) in [6.07, 6.45) is -1.22. The number of para-hydroxylation sites is 1. The van der Waals surface area contributed by atoms with E-state index in [4.69, 9.17) is 12.2 Å². The molecule has 4 aromatic rings. The zero-order valence-corrected chi connectivity index (χ0v) is 23.5. The number of aromatic nitrogens is 3. The molecule has 210 valence electrons. The van der Waals surface area contributed by atoms with Crippen LogP contribution in [0.2, 0.25) is 0 Å². The Labute approximate surface area is 244 Å². The van der Waals surface area contributed by atoms with Crippen molar-refractivity contribution < 1.29 is 22.7 Å². The average molecular weight is 596 g/mol. The lowest BCUT2D eigenvalue weighted by atomic mass is 10.1. The molecule has 1 aliphatic rings. The van der Waals surface area contributed by atoms with Gasteiger partial charge in [-0.2, -0.15) is 0 Å². The van der Waals surface area contributed by atoms with E-state index in [2.05, 4.69) is 26.7 Å². The molecule has 0 unspecified atom stereocenters. The van der Waals surface area contributed by atoms with Gasteiger partial charge in [0.2, 0.25) is 5.91 Å². The van der Waals surface area contributed by atoms with Crippen LogP contribution in [0.5, 0.6) is 5.75 Å². The summed E-state index contributed by atoms with van der Waals surface area (Å²) in [6, 6.07) is 20.9. The summed E-state index contributed by atoms with van der Waals surface area (Å²) in [6.45, 7) is 2.06. The lowest BCUT2D eigenvalue weighted by Gasteiger charge is -2.19. The monoisotopic (exact) mass is 595 g/mol. The van der Waals surface area contributed by atoms with Gasteiger partial charge in [0.1, 0.15) is 17.1 Å². The van der Waals surface area contributed by atoms with Crippen molar-refractivity contribution in [2.75, 3.05) is 10.7 Å². The number of anilines is 1. The highest BCUT2D eigenvalue weighted by molar-refractivity contribution is 8.15. The van der Waals surface area contributed by atoms with Crippen LogP contribution in [-0.2, 0) is 17.6 Å². The van der Waals surface area contributed by atoms with E-state index in [0.29, 0.717) is 40.3 Å². The predicted molar refractivity (Wildman–Crippen MR) is 158 cm³/mol. The van der Waals surface area contributed by atoms with Crippen molar-refractivity contribution in [3.05, 3.63) is 90.3 Å². The van der Waals surface area contributed by atoms with E-state index in [1.54, 1.807) is 4.90 Å². The summed E-state index contributed by atoms with van der Waals surface area (Å²) in [4.78, 5) is 23.8. The third kappa shape index (κ3) is 7.01. The molecule has 0 aliphatic carbocycles. The molecule has 1 fully saturated rings. The summed E-state index contributed by atoms with van der Waals surface area (Å²) in [5, 5.41) is 5.05. The first-order valence-corrected chi connectivity index (χ1v) is 14.1. The normalized spacial score (nSPS) is 14.6. The molecule has 1 aromatic heterocycles. The Bertz CT molecular complexity index is 1590. The molecule has 0 N–H and O–H groups in total. The lowest BCUT2D eigenvalue weighted by molar-refractivity contribution is -0.274. The molecule has 1 aliphatic heterocycles. The average Bonchev–Trinajstić information content (AvgIpc) is 3.59. The van der Waals surface area contributed by atoms with E-state index >= 15 is 0 Å². The van der Waals surface area contributed by atoms with Crippen LogP contribution < -0.4 is 9.64 Å². The number of carbonyl (C=O) groups excluding carboxylic acids is 1. The van der Waals surface area contributed by atoms with Crippen LogP contribution in [0.4, 0.5) is 18.9 Å². The number of thiocarbonyl (C=S) groups is 1. The number of amides is 1. The molecule has 3 aromatic carbocycles. The molecule has 0 saturated carbocycles. The minimum absolute atomic E-state index is 0.00317. The Kier molecular flexibility index (Phi) is 8.50. The second kappa shape index (κ2) is 12.2. The van der Waals surface area contributed by atoms with Crippen LogP contribution >= 0.6 is 24.0 Å². The number of benzene rings is 3. The van der Waals surface area contributed by atoms with E-state index in [1.165, 1.54) is 47.0 Å².